The van der Waals surface area contributed by atoms with Crippen LogP contribution in [0.1, 0.15) is 23.6 Å². The van der Waals surface area contributed by atoms with Gasteiger partial charge in [0.25, 0.3) is 0 Å². The number of rotatable bonds is 3. The topological polar surface area (TPSA) is 37.8 Å². The summed E-state index contributed by atoms with van der Waals surface area (Å²) < 4.78 is 0. The van der Waals surface area contributed by atoms with Gasteiger partial charge in [-0.3, -0.25) is 0 Å². The van der Waals surface area contributed by atoms with Crippen LogP contribution in [0.2, 0.25) is 5.15 Å². The van der Waals surface area contributed by atoms with Gasteiger partial charge in [-0.25, -0.2) is 9.97 Å². The van der Waals surface area contributed by atoms with Crippen LogP contribution in [0.15, 0.2) is 24.5 Å². The van der Waals surface area contributed by atoms with Crippen LogP contribution in [0.25, 0.3) is 0 Å². The van der Waals surface area contributed by atoms with Crippen molar-refractivity contribution in [3.8, 4) is 0 Å². The molecule has 0 spiro atoms. The van der Waals surface area contributed by atoms with Gasteiger partial charge in [0.1, 0.15) is 17.3 Å². The molecule has 94 valence electrons. The van der Waals surface area contributed by atoms with Crippen molar-refractivity contribution in [2.75, 3.05) is 5.32 Å². The van der Waals surface area contributed by atoms with Crippen LogP contribution in [0, 0.1) is 13.8 Å². The lowest BCUT2D eigenvalue weighted by atomic mass is 10.1. The lowest BCUT2D eigenvalue weighted by molar-refractivity contribution is 1.05. The van der Waals surface area contributed by atoms with Crippen LogP contribution in [-0.4, -0.2) is 9.97 Å². The molecule has 0 atom stereocenters. The van der Waals surface area contributed by atoms with Crippen molar-refractivity contribution in [2.45, 2.75) is 27.2 Å². The molecule has 1 aromatic heterocycles. The van der Waals surface area contributed by atoms with E-state index in [0.29, 0.717) is 5.15 Å². The highest BCUT2D eigenvalue weighted by molar-refractivity contribution is 6.30. The molecule has 0 saturated carbocycles. The van der Waals surface area contributed by atoms with E-state index in [4.69, 9.17) is 11.6 Å². The van der Waals surface area contributed by atoms with Gasteiger partial charge in [0.05, 0.1) is 0 Å². The first-order valence-corrected chi connectivity index (χ1v) is 6.33. The Bertz CT molecular complexity index is 567. The molecule has 0 aliphatic carbocycles. The number of hydrogen-bond donors (Lipinski definition) is 1. The monoisotopic (exact) mass is 261 g/mol. The van der Waals surface area contributed by atoms with Gasteiger partial charge in [-0.2, -0.15) is 0 Å². The Labute approximate surface area is 112 Å². The maximum absolute atomic E-state index is 6.08. The van der Waals surface area contributed by atoms with Crippen LogP contribution in [0.5, 0.6) is 0 Å². The highest BCUT2D eigenvalue weighted by Crippen LogP contribution is 2.26. The van der Waals surface area contributed by atoms with Crippen molar-refractivity contribution in [2.24, 2.45) is 0 Å². The molecule has 3 nitrogen and oxygen atoms in total. The van der Waals surface area contributed by atoms with Gasteiger partial charge >= 0.3 is 0 Å². The zero-order chi connectivity index (χ0) is 13.1. The van der Waals surface area contributed by atoms with E-state index in [1.165, 1.54) is 17.5 Å². The van der Waals surface area contributed by atoms with Crippen LogP contribution in [-0.2, 0) is 6.42 Å². The molecule has 0 bridgehead atoms. The van der Waals surface area contributed by atoms with E-state index in [0.717, 1.165) is 23.5 Å². The van der Waals surface area contributed by atoms with Crippen molar-refractivity contribution in [1.82, 2.24) is 9.97 Å². The fourth-order valence-corrected chi connectivity index (χ4v) is 2.08. The Balaban J connectivity index is 2.40. The van der Waals surface area contributed by atoms with Crippen molar-refractivity contribution >= 4 is 23.1 Å². The van der Waals surface area contributed by atoms with E-state index in [-0.39, 0.29) is 0 Å². The quantitative estimate of drug-likeness (QED) is 0.847. The molecule has 0 radical (unpaired) electrons. The number of aryl methyl sites for hydroxylation is 2. The average molecular weight is 262 g/mol. The summed E-state index contributed by atoms with van der Waals surface area (Å²) in [6.45, 7) is 6.17. The van der Waals surface area contributed by atoms with Gasteiger partial charge in [0.2, 0.25) is 0 Å². The summed E-state index contributed by atoms with van der Waals surface area (Å²) in [6.07, 6.45) is 2.28. The second-order valence-electron chi connectivity index (χ2n) is 4.29. The van der Waals surface area contributed by atoms with Crippen LogP contribution in [0.3, 0.4) is 0 Å². The number of benzene rings is 1. The third-order valence-corrected chi connectivity index (χ3v) is 3.22. The number of nitrogens with zero attached hydrogens (tertiary/aromatic N) is 2. The largest absolute Gasteiger partial charge is 0.340 e. The molecule has 1 heterocycles. The van der Waals surface area contributed by atoms with E-state index >= 15 is 0 Å². The predicted molar refractivity (Wildman–Crippen MR) is 75.6 cm³/mol. The normalized spacial score (nSPS) is 10.4. The van der Waals surface area contributed by atoms with Crippen molar-refractivity contribution in [3.05, 3.63) is 46.4 Å². The van der Waals surface area contributed by atoms with Crippen molar-refractivity contribution in [3.63, 3.8) is 0 Å². The van der Waals surface area contributed by atoms with E-state index in [1.807, 2.05) is 6.92 Å². The van der Waals surface area contributed by atoms with Gasteiger partial charge < -0.3 is 5.32 Å². The summed E-state index contributed by atoms with van der Waals surface area (Å²) in [4.78, 5) is 8.28. The SMILES string of the molecule is CCc1c(Cl)ncnc1Nc1cc(C)ccc1C. The molecule has 1 aromatic carbocycles. The summed E-state index contributed by atoms with van der Waals surface area (Å²) in [7, 11) is 0. The van der Waals surface area contributed by atoms with Gasteiger partial charge in [-0.1, -0.05) is 30.7 Å². The first kappa shape index (κ1) is 12.8. The molecule has 0 aliphatic heterocycles. The number of anilines is 2. The first-order valence-electron chi connectivity index (χ1n) is 5.95. The number of nitrogens with one attached hydrogen (secondary N) is 1. The van der Waals surface area contributed by atoms with Crippen LogP contribution < -0.4 is 5.32 Å². The fraction of sp³-hybridized carbons (Fsp3) is 0.286. The second kappa shape index (κ2) is 5.36. The maximum atomic E-state index is 6.08. The standard InChI is InChI=1S/C14H16ClN3/c1-4-11-13(15)16-8-17-14(11)18-12-7-9(2)5-6-10(12)3/h5-8H,4H2,1-3H3,(H,16,17,18). The number of aromatic nitrogens is 2. The maximum Gasteiger partial charge on any atom is 0.138 e. The molecule has 2 aromatic rings. The fourth-order valence-electron chi connectivity index (χ4n) is 1.81. The average Bonchev–Trinajstić information content (AvgIpc) is 2.34. The van der Waals surface area contributed by atoms with E-state index in [9.17, 15) is 0 Å². The molecular formula is C14H16ClN3. The summed E-state index contributed by atoms with van der Waals surface area (Å²) in [5.41, 5.74) is 4.39. The molecule has 0 fully saturated rings. The van der Waals surface area contributed by atoms with Crippen LogP contribution >= 0.6 is 11.6 Å². The first-order chi connectivity index (χ1) is 8.61. The van der Waals surface area contributed by atoms with Crippen molar-refractivity contribution < 1.29 is 0 Å². The molecule has 4 heteroatoms. The van der Waals surface area contributed by atoms with Crippen LogP contribution in [0.4, 0.5) is 11.5 Å². The smallest absolute Gasteiger partial charge is 0.138 e. The third-order valence-electron chi connectivity index (χ3n) is 2.89. The van der Waals surface area contributed by atoms with E-state index in [2.05, 4.69) is 47.3 Å². The highest BCUT2D eigenvalue weighted by atomic mass is 35.5. The Morgan fingerprint density at radius 2 is 2.00 bits per heavy atom. The van der Waals surface area contributed by atoms with Gasteiger partial charge in [-0.05, 0) is 37.5 Å². The molecule has 0 aliphatic rings. The minimum Gasteiger partial charge on any atom is -0.340 e. The zero-order valence-corrected chi connectivity index (χ0v) is 11.5. The van der Waals surface area contributed by atoms with Gasteiger partial charge in [-0.15, -0.1) is 0 Å². The van der Waals surface area contributed by atoms with Gasteiger partial charge in [0.15, 0.2) is 0 Å². The summed E-state index contributed by atoms with van der Waals surface area (Å²) in [6, 6.07) is 6.28. The Hall–Kier alpha value is -1.61. The zero-order valence-electron chi connectivity index (χ0n) is 10.8. The molecular weight excluding hydrogens is 246 g/mol. The molecule has 0 saturated heterocycles. The highest BCUT2D eigenvalue weighted by Gasteiger charge is 2.09. The molecule has 2 rings (SSSR count). The molecule has 0 unspecified atom stereocenters. The molecule has 1 N–H and O–H groups in total. The molecule has 0 amide bonds. The lowest BCUT2D eigenvalue weighted by Gasteiger charge is -2.13. The minimum atomic E-state index is 0.514. The lowest BCUT2D eigenvalue weighted by Crippen LogP contribution is -2.02. The minimum absolute atomic E-state index is 0.514. The predicted octanol–water partition coefficient (Wildman–Crippen LogP) is 4.05. The Morgan fingerprint density at radius 3 is 2.72 bits per heavy atom. The Morgan fingerprint density at radius 1 is 1.22 bits per heavy atom. The second-order valence-corrected chi connectivity index (χ2v) is 4.65. The summed E-state index contributed by atoms with van der Waals surface area (Å²) >= 11 is 6.08. The van der Waals surface area contributed by atoms with Crippen molar-refractivity contribution in [1.29, 1.82) is 0 Å². The Kier molecular flexibility index (Phi) is 3.82. The number of halogens is 1. The molecule has 18 heavy (non-hydrogen) atoms. The third kappa shape index (κ3) is 2.62. The van der Waals surface area contributed by atoms with E-state index < -0.39 is 0 Å². The number of hydrogen-bond acceptors (Lipinski definition) is 3. The summed E-state index contributed by atoms with van der Waals surface area (Å²) in [5.74, 6) is 0.784. The van der Waals surface area contributed by atoms with E-state index in [1.54, 1.807) is 0 Å². The van der Waals surface area contributed by atoms with Gasteiger partial charge in [0, 0.05) is 11.3 Å². The summed E-state index contributed by atoms with van der Waals surface area (Å²) in [5, 5.41) is 3.85.